The van der Waals surface area contributed by atoms with E-state index in [2.05, 4.69) is 15.9 Å². The van der Waals surface area contributed by atoms with Crippen molar-refractivity contribution in [3.63, 3.8) is 0 Å². The van der Waals surface area contributed by atoms with Gasteiger partial charge in [0.15, 0.2) is 0 Å². The lowest BCUT2D eigenvalue weighted by atomic mass is 10.2. The fraction of sp³-hybridized carbons (Fsp3) is 0.385. The van der Waals surface area contributed by atoms with E-state index in [0.29, 0.717) is 12.1 Å². The lowest BCUT2D eigenvalue weighted by molar-refractivity contribution is -0.129. The summed E-state index contributed by atoms with van der Waals surface area (Å²) in [5.74, 6) is -0.876. The molecule has 6 heteroatoms. The van der Waals surface area contributed by atoms with Crippen molar-refractivity contribution in [1.29, 1.82) is 0 Å². The number of carbonyl (C=O) groups excluding carboxylic acids is 2. The number of hydrogen-bond donors (Lipinski definition) is 0. The van der Waals surface area contributed by atoms with Crippen molar-refractivity contribution in [2.75, 3.05) is 27.2 Å². The highest BCUT2D eigenvalue weighted by Gasteiger charge is 2.18. The molecule has 104 valence electrons. The van der Waals surface area contributed by atoms with E-state index in [9.17, 15) is 14.0 Å². The first-order valence-corrected chi connectivity index (χ1v) is 6.60. The smallest absolute Gasteiger partial charge is 0.254 e. The zero-order valence-corrected chi connectivity index (χ0v) is 12.7. The highest BCUT2D eigenvalue weighted by molar-refractivity contribution is 9.10. The Morgan fingerprint density at radius 2 is 1.95 bits per heavy atom. The second-order valence-corrected chi connectivity index (χ2v) is 5.09. The van der Waals surface area contributed by atoms with Gasteiger partial charge in [-0.2, -0.15) is 0 Å². The number of benzene rings is 1. The van der Waals surface area contributed by atoms with Crippen LogP contribution in [-0.4, -0.2) is 48.8 Å². The van der Waals surface area contributed by atoms with Crippen LogP contribution in [0.25, 0.3) is 0 Å². The van der Waals surface area contributed by atoms with E-state index in [1.165, 1.54) is 28.0 Å². The van der Waals surface area contributed by atoms with Crippen LogP contribution in [0, 0.1) is 5.82 Å². The van der Waals surface area contributed by atoms with Crippen molar-refractivity contribution in [2.45, 2.75) is 6.92 Å². The third-order valence-corrected chi connectivity index (χ3v) is 3.27. The van der Waals surface area contributed by atoms with Gasteiger partial charge in [0.2, 0.25) is 5.91 Å². The van der Waals surface area contributed by atoms with Crippen LogP contribution in [0.15, 0.2) is 22.7 Å². The van der Waals surface area contributed by atoms with Crippen molar-refractivity contribution in [3.8, 4) is 0 Å². The number of likely N-dealkylation sites (N-methyl/N-ethyl adjacent to an activating group) is 2. The van der Waals surface area contributed by atoms with Crippen LogP contribution in [0.3, 0.4) is 0 Å². The third-order valence-electron chi connectivity index (χ3n) is 2.66. The largest absolute Gasteiger partial charge is 0.347 e. The molecule has 0 saturated heterocycles. The van der Waals surface area contributed by atoms with Gasteiger partial charge in [-0.1, -0.05) is 0 Å². The number of hydrogen-bond acceptors (Lipinski definition) is 2. The Balaban J connectivity index is 2.89. The van der Waals surface area contributed by atoms with Gasteiger partial charge in [0, 0.05) is 26.2 Å². The molecule has 1 aromatic rings. The molecule has 19 heavy (non-hydrogen) atoms. The van der Waals surface area contributed by atoms with E-state index in [1.54, 1.807) is 21.0 Å². The molecule has 0 spiro atoms. The maximum Gasteiger partial charge on any atom is 0.254 e. The van der Waals surface area contributed by atoms with Crippen LogP contribution in [0.5, 0.6) is 0 Å². The molecule has 0 fully saturated rings. The van der Waals surface area contributed by atoms with Crippen molar-refractivity contribution >= 4 is 27.7 Å². The summed E-state index contributed by atoms with van der Waals surface area (Å²) in [6, 6.07) is 4.05. The van der Waals surface area contributed by atoms with Gasteiger partial charge < -0.3 is 9.80 Å². The van der Waals surface area contributed by atoms with E-state index < -0.39 is 5.82 Å². The molecule has 0 heterocycles. The molecule has 0 aliphatic heterocycles. The highest BCUT2D eigenvalue weighted by atomic mass is 79.9. The van der Waals surface area contributed by atoms with E-state index in [-0.39, 0.29) is 22.8 Å². The summed E-state index contributed by atoms with van der Waals surface area (Å²) in [5, 5.41) is 0. The van der Waals surface area contributed by atoms with Gasteiger partial charge in [-0.3, -0.25) is 9.59 Å². The van der Waals surface area contributed by atoms with Crippen molar-refractivity contribution < 1.29 is 14.0 Å². The van der Waals surface area contributed by atoms with Crippen LogP contribution in [0.4, 0.5) is 4.39 Å². The second kappa shape index (κ2) is 6.65. The standard InChI is InChI=1S/C13H16BrFN2O2/c1-4-17(8-12(18)16(2)3)13(19)9-5-6-11(15)10(14)7-9/h5-7H,4,8H2,1-3H3. The Labute approximate surface area is 120 Å². The molecule has 0 aliphatic carbocycles. The molecule has 0 saturated carbocycles. The Kier molecular flexibility index (Phi) is 5.47. The molecule has 1 aromatic carbocycles. The fourth-order valence-corrected chi connectivity index (χ4v) is 1.82. The number of nitrogens with zero attached hydrogens (tertiary/aromatic N) is 2. The Morgan fingerprint density at radius 1 is 1.32 bits per heavy atom. The second-order valence-electron chi connectivity index (χ2n) is 4.24. The molecule has 0 unspecified atom stereocenters. The van der Waals surface area contributed by atoms with Gasteiger partial charge in [-0.15, -0.1) is 0 Å². The first-order valence-electron chi connectivity index (χ1n) is 5.81. The number of halogens is 2. The number of rotatable bonds is 4. The molecule has 0 aromatic heterocycles. The molecule has 0 bridgehead atoms. The number of carbonyl (C=O) groups is 2. The average Bonchev–Trinajstić information content (AvgIpc) is 2.37. The topological polar surface area (TPSA) is 40.6 Å². The van der Waals surface area contributed by atoms with Gasteiger partial charge in [-0.05, 0) is 41.1 Å². The van der Waals surface area contributed by atoms with E-state index in [0.717, 1.165) is 0 Å². The normalized spacial score (nSPS) is 10.2. The lowest BCUT2D eigenvalue weighted by Crippen LogP contribution is -2.40. The van der Waals surface area contributed by atoms with E-state index >= 15 is 0 Å². The zero-order chi connectivity index (χ0) is 14.6. The molecule has 0 atom stereocenters. The van der Waals surface area contributed by atoms with Crippen LogP contribution in [-0.2, 0) is 4.79 Å². The molecule has 0 aliphatic rings. The Morgan fingerprint density at radius 3 is 2.42 bits per heavy atom. The first kappa shape index (κ1) is 15.6. The molecule has 0 N–H and O–H groups in total. The molecule has 4 nitrogen and oxygen atoms in total. The SMILES string of the molecule is CCN(CC(=O)N(C)C)C(=O)c1ccc(F)c(Br)c1. The monoisotopic (exact) mass is 330 g/mol. The minimum absolute atomic E-state index is 0.0112. The predicted octanol–water partition coefficient (Wildman–Crippen LogP) is 2.14. The summed E-state index contributed by atoms with van der Waals surface area (Å²) in [7, 11) is 3.27. The van der Waals surface area contributed by atoms with Crippen molar-refractivity contribution in [3.05, 3.63) is 34.1 Å². The summed E-state index contributed by atoms with van der Waals surface area (Å²) < 4.78 is 13.4. The van der Waals surface area contributed by atoms with Crippen LogP contribution in [0.1, 0.15) is 17.3 Å². The van der Waals surface area contributed by atoms with Gasteiger partial charge in [0.1, 0.15) is 5.82 Å². The van der Waals surface area contributed by atoms with Crippen molar-refractivity contribution in [1.82, 2.24) is 9.80 Å². The van der Waals surface area contributed by atoms with Crippen LogP contribution >= 0.6 is 15.9 Å². The van der Waals surface area contributed by atoms with E-state index in [1.807, 2.05) is 0 Å². The Bertz CT molecular complexity index is 492. The molecular weight excluding hydrogens is 315 g/mol. The quantitative estimate of drug-likeness (QED) is 0.848. The minimum atomic E-state index is -0.427. The maximum atomic E-state index is 13.1. The molecule has 2 amide bonds. The molecule has 1 rings (SSSR count). The number of amides is 2. The summed E-state index contributed by atoms with van der Waals surface area (Å²) in [6.07, 6.45) is 0. The van der Waals surface area contributed by atoms with Gasteiger partial charge >= 0.3 is 0 Å². The van der Waals surface area contributed by atoms with Crippen molar-refractivity contribution in [2.24, 2.45) is 0 Å². The van der Waals surface area contributed by atoms with Gasteiger partial charge in [-0.25, -0.2) is 4.39 Å². The minimum Gasteiger partial charge on any atom is -0.347 e. The predicted molar refractivity (Wildman–Crippen MR) is 74.4 cm³/mol. The highest BCUT2D eigenvalue weighted by Crippen LogP contribution is 2.18. The van der Waals surface area contributed by atoms with E-state index in [4.69, 9.17) is 0 Å². The maximum absolute atomic E-state index is 13.1. The molecular formula is C13H16BrFN2O2. The third kappa shape index (κ3) is 4.02. The summed E-state index contributed by atoms with van der Waals surface area (Å²) in [4.78, 5) is 26.7. The summed E-state index contributed by atoms with van der Waals surface area (Å²) in [6.45, 7) is 2.21. The zero-order valence-electron chi connectivity index (χ0n) is 11.1. The lowest BCUT2D eigenvalue weighted by Gasteiger charge is -2.22. The summed E-state index contributed by atoms with van der Waals surface area (Å²) >= 11 is 3.04. The average molecular weight is 331 g/mol. The fourth-order valence-electron chi connectivity index (χ4n) is 1.44. The van der Waals surface area contributed by atoms with Crippen LogP contribution in [0.2, 0.25) is 0 Å². The van der Waals surface area contributed by atoms with Gasteiger partial charge in [0.05, 0.1) is 11.0 Å². The first-order chi connectivity index (χ1) is 8.86. The summed E-state index contributed by atoms with van der Waals surface area (Å²) in [5.41, 5.74) is 0.349. The van der Waals surface area contributed by atoms with Gasteiger partial charge in [0.25, 0.3) is 5.91 Å². The molecule has 0 radical (unpaired) electrons. The van der Waals surface area contributed by atoms with Crippen LogP contribution < -0.4 is 0 Å². The Hall–Kier alpha value is -1.43.